The number of likely N-dealkylation sites (N-methyl/N-ethyl adjacent to an activating group) is 1. The van der Waals surface area contributed by atoms with Crippen LogP contribution in [0.25, 0.3) is 10.8 Å². The smallest absolute Gasteiger partial charge is 0.303 e. The van der Waals surface area contributed by atoms with Crippen LogP contribution in [0.5, 0.6) is 5.75 Å². The monoisotopic (exact) mass is 315 g/mol. The first kappa shape index (κ1) is 16.8. The van der Waals surface area contributed by atoms with Crippen LogP contribution >= 0.6 is 0 Å². The summed E-state index contributed by atoms with van der Waals surface area (Å²) in [5.41, 5.74) is 0.941. The van der Waals surface area contributed by atoms with Crippen molar-refractivity contribution in [3.8, 4) is 5.75 Å². The van der Waals surface area contributed by atoms with Crippen molar-refractivity contribution < 1.29 is 19.4 Å². The Morgan fingerprint density at radius 1 is 1.22 bits per heavy atom. The van der Waals surface area contributed by atoms with Gasteiger partial charge in [0.25, 0.3) is 0 Å². The third-order valence-electron chi connectivity index (χ3n) is 3.83. The van der Waals surface area contributed by atoms with E-state index in [-0.39, 0.29) is 18.7 Å². The molecule has 0 fully saturated rings. The predicted octanol–water partition coefficient (Wildman–Crippen LogP) is 2.71. The number of nitrogens with zero attached hydrogens (tertiary/aromatic N) is 1. The van der Waals surface area contributed by atoms with Crippen LogP contribution in [-0.4, -0.2) is 42.6 Å². The van der Waals surface area contributed by atoms with E-state index in [4.69, 9.17) is 9.84 Å². The first-order valence-electron chi connectivity index (χ1n) is 7.52. The minimum atomic E-state index is -0.841. The maximum Gasteiger partial charge on any atom is 0.303 e. The van der Waals surface area contributed by atoms with E-state index in [2.05, 4.69) is 0 Å². The van der Waals surface area contributed by atoms with Crippen LogP contribution in [0, 0.1) is 0 Å². The Morgan fingerprint density at radius 2 is 2.00 bits per heavy atom. The number of carboxylic acid groups (broad SMARTS) is 1. The van der Waals surface area contributed by atoms with Crippen molar-refractivity contribution >= 4 is 22.6 Å². The van der Waals surface area contributed by atoms with Gasteiger partial charge in [0.2, 0.25) is 5.91 Å². The number of rotatable bonds is 7. The van der Waals surface area contributed by atoms with E-state index < -0.39 is 5.97 Å². The largest absolute Gasteiger partial charge is 0.497 e. The fourth-order valence-corrected chi connectivity index (χ4v) is 2.49. The van der Waals surface area contributed by atoms with Crippen LogP contribution in [-0.2, 0) is 16.0 Å². The average molecular weight is 315 g/mol. The summed E-state index contributed by atoms with van der Waals surface area (Å²) in [6.45, 7) is 0.444. The third kappa shape index (κ3) is 4.45. The van der Waals surface area contributed by atoms with Crippen molar-refractivity contribution in [2.45, 2.75) is 19.3 Å². The Hall–Kier alpha value is -2.56. The molecule has 0 aliphatic rings. The van der Waals surface area contributed by atoms with Gasteiger partial charge in [-0.25, -0.2) is 0 Å². The van der Waals surface area contributed by atoms with E-state index in [9.17, 15) is 9.59 Å². The first-order valence-corrected chi connectivity index (χ1v) is 7.52. The van der Waals surface area contributed by atoms with Crippen molar-refractivity contribution in [2.75, 3.05) is 20.7 Å². The van der Waals surface area contributed by atoms with Gasteiger partial charge in [-0.15, -0.1) is 0 Å². The SMILES string of the molecule is COc1ccc2cccc(CC(=O)N(C)CCCC(=O)O)c2c1. The molecule has 0 aromatic heterocycles. The predicted molar refractivity (Wildman–Crippen MR) is 88.7 cm³/mol. The highest BCUT2D eigenvalue weighted by molar-refractivity contribution is 5.91. The second kappa shape index (κ2) is 7.63. The topological polar surface area (TPSA) is 66.8 Å². The molecule has 0 spiro atoms. The van der Waals surface area contributed by atoms with Gasteiger partial charge in [-0.05, 0) is 34.9 Å². The van der Waals surface area contributed by atoms with E-state index in [1.807, 2.05) is 36.4 Å². The molecule has 0 aliphatic heterocycles. The molecular weight excluding hydrogens is 294 g/mol. The molecule has 0 saturated carbocycles. The third-order valence-corrected chi connectivity index (χ3v) is 3.83. The molecular formula is C18H21NO4. The maximum absolute atomic E-state index is 12.3. The van der Waals surface area contributed by atoms with Gasteiger partial charge in [-0.2, -0.15) is 0 Å². The van der Waals surface area contributed by atoms with Crippen molar-refractivity contribution in [3.05, 3.63) is 42.0 Å². The quantitative estimate of drug-likeness (QED) is 0.853. The van der Waals surface area contributed by atoms with Gasteiger partial charge in [0, 0.05) is 20.0 Å². The summed E-state index contributed by atoms with van der Waals surface area (Å²) >= 11 is 0. The molecule has 23 heavy (non-hydrogen) atoms. The lowest BCUT2D eigenvalue weighted by atomic mass is 10.0. The first-order chi connectivity index (χ1) is 11.0. The fourth-order valence-electron chi connectivity index (χ4n) is 2.49. The second-order valence-electron chi connectivity index (χ2n) is 5.49. The van der Waals surface area contributed by atoms with Gasteiger partial charge in [0.05, 0.1) is 13.5 Å². The highest BCUT2D eigenvalue weighted by Crippen LogP contribution is 2.24. The molecule has 2 aromatic rings. The molecule has 0 unspecified atom stereocenters. The normalized spacial score (nSPS) is 10.5. The summed E-state index contributed by atoms with van der Waals surface area (Å²) in [5, 5.41) is 10.7. The molecule has 0 heterocycles. The Labute approximate surface area is 135 Å². The van der Waals surface area contributed by atoms with Gasteiger partial charge in [0.1, 0.15) is 5.75 Å². The molecule has 0 bridgehead atoms. The summed E-state index contributed by atoms with van der Waals surface area (Å²) in [4.78, 5) is 24.5. The van der Waals surface area contributed by atoms with Crippen LogP contribution in [0.15, 0.2) is 36.4 Å². The number of amides is 1. The average Bonchev–Trinajstić information content (AvgIpc) is 2.54. The molecule has 0 atom stereocenters. The number of carboxylic acids is 1. The number of hydrogen-bond donors (Lipinski definition) is 1. The van der Waals surface area contributed by atoms with E-state index in [0.29, 0.717) is 13.0 Å². The van der Waals surface area contributed by atoms with E-state index >= 15 is 0 Å². The van der Waals surface area contributed by atoms with Crippen LogP contribution < -0.4 is 4.74 Å². The Morgan fingerprint density at radius 3 is 2.70 bits per heavy atom. The van der Waals surface area contributed by atoms with Crippen molar-refractivity contribution in [2.24, 2.45) is 0 Å². The minimum Gasteiger partial charge on any atom is -0.497 e. The summed E-state index contributed by atoms with van der Waals surface area (Å²) in [6, 6.07) is 11.7. The number of benzene rings is 2. The molecule has 0 aliphatic carbocycles. The Kier molecular flexibility index (Phi) is 5.57. The van der Waals surface area contributed by atoms with Crippen LogP contribution in [0.2, 0.25) is 0 Å². The number of aliphatic carboxylic acids is 1. The molecule has 1 amide bonds. The van der Waals surface area contributed by atoms with Crippen molar-refractivity contribution in [1.82, 2.24) is 4.90 Å². The lowest BCUT2D eigenvalue weighted by Gasteiger charge is -2.17. The number of hydrogen-bond acceptors (Lipinski definition) is 3. The van der Waals surface area contributed by atoms with Crippen LogP contribution in [0.3, 0.4) is 0 Å². The van der Waals surface area contributed by atoms with Gasteiger partial charge in [-0.1, -0.05) is 24.3 Å². The van der Waals surface area contributed by atoms with Gasteiger partial charge < -0.3 is 14.7 Å². The van der Waals surface area contributed by atoms with Gasteiger partial charge in [-0.3, -0.25) is 9.59 Å². The molecule has 2 aromatic carbocycles. The van der Waals surface area contributed by atoms with Gasteiger partial charge >= 0.3 is 5.97 Å². The van der Waals surface area contributed by atoms with Crippen LogP contribution in [0.4, 0.5) is 0 Å². The Balaban J connectivity index is 2.11. The maximum atomic E-state index is 12.3. The number of carbonyl (C=O) groups is 2. The number of ether oxygens (including phenoxy) is 1. The zero-order valence-electron chi connectivity index (χ0n) is 13.4. The van der Waals surface area contributed by atoms with E-state index in [0.717, 1.165) is 22.1 Å². The fraction of sp³-hybridized carbons (Fsp3) is 0.333. The Bertz CT molecular complexity index is 711. The zero-order valence-corrected chi connectivity index (χ0v) is 13.4. The van der Waals surface area contributed by atoms with Gasteiger partial charge in [0.15, 0.2) is 0 Å². The lowest BCUT2D eigenvalue weighted by molar-refractivity contribution is -0.138. The van der Waals surface area contributed by atoms with E-state index in [1.165, 1.54) is 0 Å². The number of carbonyl (C=O) groups excluding carboxylic acids is 1. The minimum absolute atomic E-state index is 0.0225. The summed E-state index contributed by atoms with van der Waals surface area (Å²) in [7, 11) is 3.32. The molecule has 5 nitrogen and oxygen atoms in total. The van der Waals surface area contributed by atoms with Crippen molar-refractivity contribution in [1.29, 1.82) is 0 Å². The molecule has 1 N–H and O–H groups in total. The van der Waals surface area contributed by atoms with Crippen LogP contribution in [0.1, 0.15) is 18.4 Å². The number of methoxy groups -OCH3 is 1. The molecule has 0 saturated heterocycles. The standard InChI is InChI=1S/C18H21NO4/c1-19(10-4-7-18(21)22)17(20)11-14-6-3-5-13-8-9-15(23-2)12-16(13)14/h3,5-6,8-9,12H,4,7,10-11H2,1-2H3,(H,21,22). The second-order valence-corrected chi connectivity index (χ2v) is 5.49. The highest BCUT2D eigenvalue weighted by Gasteiger charge is 2.12. The zero-order chi connectivity index (χ0) is 16.8. The highest BCUT2D eigenvalue weighted by atomic mass is 16.5. The summed E-state index contributed by atoms with van der Waals surface area (Å²) < 4.78 is 5.25. The summed E-state index contributed by atoms with van der Waals surface area (Å²) in [6.07, 6.45) is 0.818. The molecule has 122 valence electrons. The lowest BCUT2D eigenvalue weighted by Crippen LogP contribution is -2.29. The van der Waals surface area contributed by atoms with E-state index in [1.54, 1.807) is 19.1 Å². The number of fused-ring (bicyclic) bond motifs is 1. The molecule has 5 heteroatoms. The molecule has 0 radical (unpaired) electrons. The molecule has 2 rings (SSSR count). The summed E-state index contributed by atoms with van der Waals surface area (Å²) in [5.74, 6) is -0.107. The van der Waals surface area contributed by atoms with Crippen molar-refractivity contribution in [3.63, 3.8) is 0 Å².